The topological polar surface area (TPSA) is 78.5 Å². The van der Waals surface area contributed by atoms with Crippen molar-refractivity contribution in [3.8, 4) is 0 Å². The van der Waals surface area contributed by atoms with E-state index < -0.39 is 11.6 Å². The molecule has 1 heterocycles. The maximum absolute atomic E-state index is 13.2. The summed E-state index contributed by atoms with van der Waals surface area (Å²) in [6, 6.07) is 7.30. The van der Waals surface area contributed by atoms with E-state index in [4.69, 9.17) is 0 Å². The standard InChI is InChI=1S/C25H31N3O3/c29-21(26-8-7-24-12-16-9-17(13-24)11-18(10-16)14-24)15-28-22(30)25(27-23(28)31)6-5-19-3-1-2-4-20(19)25/h1-4,16-18H,5-15H2,(H,26,29)(H,27,31). The van der Waals surface area contributed by atoms with Crippen molar-refractivity contribution in [1.29, 1.82) is 0 Å². The van der Waals surface area contributed by atoms with Gasteiger partial charge in [-0.15, -0.1) is 0 Å². The Labute approximate surface area is 183 Å². The number of hydrogen-bond acceptors (Lipinski definition) is 3. The molecular weight excluding hydrogens is 390 g/mol. The summed E-state index contributed by atoms with van der Waals surface area (Å²) < 4.78 is 0. The van der Waals surface area contributed by atoms with Gasteiger partial charge in [-0.2, -0.15) is 0 Å². The van der Waals surface area contributed by atoms with Crippen LogP contribution in [-0.4, -0.2) is 35.8 Å². The van der Waals surface area contributed by atoms with Crippen molar-refractivity contribution in [2.24, 2.45) is 23.2 Å². The first-order chi connectivity index (χ1) is 15.0. The highest BCUT2D eigenvalue weighted by Crippen LogP contribution is 2.61. The van der Waals surface area contributed by atoms with E-state index >= 15 is 0 Å². The minimum absolute atomic E-state index is 0.199. The summed E-state index contributed by atoms with van der Waals surface area (Å²) in [6.45, 7) is 0.443. The number of hydrogen-bond donors (Lipinski definition) is 2. The molecule has 1 atom stereocenters. The molecule has 1 aliphatic heterocycles. The van der Waals surface area contributed by atoms with Crippen LogP contribution in [0.4, 0.5) is 4.79 Å². The number of urea groups is 1. The molecule has 6 nitrogen and oxygen atoms in total. The summed E-state index contributed by atoms with van der Waals surface area (Å²) in [7, 11) is 0. The van der Waals surface area contributed by atoms with Crippen LogP contribution in [-0.2, 0) is 21.5 Å². The largest absolute Gasteiger partial charge is 0.355 e. The van der Waals surface area contributed by atoms with Crippen molar-refractivity contribution in [3.05, 3.63) is 35.4 Å². The lowest BCUT2D eigenvalue weighted by molar-refractivity contribution is -0.135. The number of imide groups is 1. The van der Waals surface area contributed by atoms with Crippen LogP contribution in [0.3, 0.4) is 0 Å². The smallest absolute Gasteiger partial charge is 0.325 e. The maximum atomic E-state index is 13.2. The van der Waals surface area contributed by atoms with Crippen molar-refractivity contribution >= 4 is 17.8 Å². The Morgan fingerprint density at radius 2 is 1.74 bits per heavy atom. The maximum Gasteiger partial charge on any atom is 0.325 e. The number of benzene rings is 1. The molecule has 7 rings (SSSR count). The molecule has 1 aromatic rings. The average molecular weight is 422 g/mol. The van der Waals surface area contributed by atoms with E-state index in [1.807, 2.05) is 24.3 Å². The molecule has 6 heteroatoms. The minimum atomic E-state index is -0.993. The number of fused-ring (bicyclic) bond motifs is 2. The highest BCUT2D eigenvalue weighted by Gasteiger charge is 2.55. The summed E-state index contributed by atoms with van der Waals surface area (Å²) in [5, 5.41) is 5.90. The van der Waals surface area contributed by atoms with Crippen LogP contribution in [0.2, 0.25) is 0 Å². The zero-order valence-electron chi connectivity index (χ0n) is 18.0. The first-order valence-electron chi connectivity index (χ1n) is 12.0. The molecule has 1 spiro atoms. The number of rotatable bonds is 5. The van der Waals surface area contributed by atoms with Gasteiger partial charge in [-0.05, 0) is 92.1 Å². The van der Waals surface area contributed by atoms with Gasteiger partial charge in [-0.3, -0.25) is 14.5 Å². The third-order valence-electron chi connectivity index (χ3n) is 8.87. The van der Waals surface area contributed by atoms with E-state index in [9.17, 15) is 14.4 Å². The predicted molar refractivity (Wildman–Crippen MR) is 115 cm³/mol. The molecule has 31 heavy (non-hydrogen) atoms. The molecule has 5 fully saturated rings. The third-order valence-corrected chi connectivity index (χ3v) is 8.87. The number of nitrogens with zero attached hydrogens (tertiary/aromatic N) is 1. The lowest BCUT2D eigenvalue weighted by atomic mass is 9.49. The van der Waals surface area contributed by atoms with Gasteiger partial charge in [0.1, 0.15) is 12.1 Å². The van der Waals surface area contributed by atoms with Gasteiger partial charge >= 0.3 is 6.03 Å². The monoisotopic (exact) mass is 421 g/mol. The molecule has 6 aliphatic rings. The van der Waals surface area contributed by atoms with Crippen molar-refractivity contribution in [3.63, 3.8) is 0 Å². The van der Waals surface area contributed by atoms with Crippen LogP contribution in [0.5, 0.6) is 0 Å². The average Bonchev–Trinajstić information content (AvgIpc) is 3.20. The lowest BCUT2D eigenvalue weighted by Gasteiger charge is -2.57. The molecule has 2 N–H and O–H groups in total. The molecular formula is C25H31N3O3. The van der Waals surface area contributed by atoms with E-state index in [1.165, 1.54) is 38.5 Å². The van der Waals surface area contributed by atoms with Gasteiger partial charge in [0.2, 0.25) is 5.91 Å². The van der Waals surface area contributed by atoms with Crippen LogP contribution >= 0.6 is 0 Å². The molecule has 4 bridgehead atoms. The van der Waals surface area contributed by atoms with Gasteiger partial charge in [0, 0.05) is 6.54 Å². The van der Waals surface area contributed by atoms with Crippen molar-refractivity contribution in [1.82, 2.24) is 15.5 Å². The molecule has 0 aromatic heterocycles. The number of carbonyl (C=O) groups is 3. The van der Waals surface area contributed by atoms with Crippen molar-refractivity contribution < 1.29 is 14.4 Å². The molecule has 4 saturated carbocycles. The highest BCUT2D eigenvalue weighted by molar-refractivity contribution is 6.09. The van der Waals surface area contributed by atoms with E-state index in [0.29, 0.717) is 18.4 Å². The Morgan fingerprint density at radius 3 is 2.45 bits per heavy atom. The normalized spacial score (nSPS) is 37.4. The zero-order chi connectivity index (χ0) is 21.2. The van der Waals surface area contributed by atoms with Crippen LogP contribution in [0.15, 0.2) is 24.3 Å². The summed E-state index contributed by atoms with van der Waals surface area (Å²) in [5.74, 6) is 2.17. The van der Waals surface area contributed by atoms with Gasteiger partial charge < -0.3 is 10.6 Å². The second-order valence-corrected chi connectivity index (χ2v) is 10.9. The third kappa shape index (κ3) is 3.01. The van der Waals surface area contributed by atoms with E-state index in [-0.39, 0.29) is 18.4 Å². The Kier molecular flexibility index (Phi) is 4.25. The lowest BCUT2D eigenvalue weighted by Crippen LogP contribution is -2.48. The minimum Gasteiger partial charge on any atom is -0.355 e. The Hall–Kier alpha value is -2.37. The first-order valence-corrected chi connectivity index (χ1v) is 12.0. The molecule has 1 unspecified atom stereocenters. The Morgan fingerprint density at radius 1 is 1.06 bits per heavy atom. The van der Waals surface area contributed by atoms with Crippen molar-refractivity contribution in [2.75, 3.05) is 13.1 Å². The fourth-order valence-electron chi connectivity index (χ4n) is 8.00. The molecule has 4 amide bonds. The van der Waals surface area contributed by atoms with Crippen LogP contribution in [0, 0.1) is 23.2 Å². The first kappa shape index (κ1) is 19.3. The van der Waals surface area contributed by atoms with E-state index in [0.717, 1.165) is 46.6 Å². The summed E-state index contributed by atoms with van der Waals surface area (Å²) >= 11 is 0. The fraction of sp³-hybridized carbons (Fsp3) is 0.640. The number of carbonyl (C=O) groups excluding carboxylic acids is 3. The highest BCUT2D eigenvalue weighted by atomic mass is 16.2. The van der Waals surface area contributed by atoms with E-state index in [1.54, 1.807) is 0 Å². The quantitative estimate of drug-likeness (QED) is 0.717. The van der Waals surface area contributed by atoms with Crippen molar-refractivity contribution in [2.45, 2.75) is 63.3 Å². The van der Waals surface area contributed by atoms with Crippen LogP contribution < -0.4 is 10.6 Å². The molecule has 1 aromatic carbocycles. The SMILES string of the molecule is O=C(CN1C(=O)NC2(CCc3ccccc32)C1=O)NCCC12CC3CC(CC(C3)C1)C2. The Bertz CT molecular complexity index is 922. The molecule has 1 saturated heterocycles. The summed E-state index contributed by atoms with van der Waals surface area (Å²) in [5.41, 5.74) is 1.39. The number of aryl methyl sites for hydroxylation is 1. The fourth-order valence-corrected chi connectivity index (χ4v) is 8.00. The second kappa shape index (κ2) is 6.81. The Balaban J connectivity index is 1.07. The van der Waals surface area contributed by atoms with Gasteiger partial charge in [0.25, 0.3) is 5.91 Å². The number of amides is 4. The number of nitrogens with one attached hydrogen (secondary N) is 2. The van der Waals surface area contributed by atoms with Gasteiger partial charge in [-0.1, -0.05) is 24.3 Å². The predicted octanol–water partition coefficient (Wildman–Crippen LogP) is 3.10. The van der Waals surface area contributed by atoms with Gasteiger partial charge in [-0.25, -0.2) is 4.79 Å². The van der Waals surface area contributed by atoms with Crippen LogP contribution in [0.25, 0.3) is 0 Å². The van der Waals surface area contributed by atoms with Gasteiger partial charge in [0.15, 0.2) is 0 Å². The molecule has 164 valence electrons. The summed E-state index contributed by atoms with van der Waals surface area (Å²) in [6.07, 6.45) is 10.6. The van der Waals surface area contributed by atoms with Crippen LogP contribution in [0.1, 0.15) is 62.5 Å². The molecule has 0 radical (unpaired) electrons. The van der Waals surface area contributed by atoms with E-state index in [2.05, 4.69) is 10.6 Å². The van der Waals surface area contributed by atoms with Gasteiger partial charge in [0.05, 0.1) is 0 Å². The summed E-state index contributed by atoms with van der Waals surface area (Å²) in [4.78, 5) is 39.6. The second-order valence-electron chi connectivity index (χ2n) is 10.9. The zero-order valence-corrected chi connectivity index (χ0v) is 18.0. The molecule has 5 aliphatic carbocycles.